The van der Waals surface area contributed by atoms with Crippen molar-refractivity contribution in [2.24, 2.45) is 5.10 Å². The first-order valence-corrected chi connectivity index (χ1v) is 6.65. The van der Waals surface area contributed by atoms with Crippen LogP contribution in [0.3, 0.4) is 0 Å². The van der Waals surface area contributed by atoms with Gasteiger partial charge in [0.15, 0.2) is 5.69 Å². The number of carbonyl (C=O) groups is 1. The van der Waals surface area contributed by atoms with Crippen LogP contribution in [0.25, 0.3) is 0 Å². The molecule has 0 radical (unpaired) electrons. The van der Waals surface area contributed by atoms with Crippen LogP contribution >= 0.6 is 0 Å². The molecule has 1 heterocycles. The molecule has 0 atom stereocenters. The average Bonchev–Trinajstić information content (AvgIpc) is 2.91. The number of hydrogen-bond donors (Lipinski definition) is 2. The summed E-state index contributed by atoms with van der Waals surface area (Å²) in [5, 5.41) is 10.9. The third-order valence-corrected chi connectivity index (χ3v) is 2.82. The number of aryl methyl sites for hydroxylation is 1. The Balaban J connectivity index is 2.12. The van der Waals surface area contributed by atoms with Crippen molar-refractivity contribution < 1.29 is 4.79 Å². The molecule has 0 saturated carbocycles. The average molecular weight is 270 g/mol. The number of hydrazone groups is 1. The van der Waals surface area contributed by atoms with E-state index in [-0.39, 0.29) is 5.91 Å². The number of H-pyrrole nitrogens is 1. The summed E-state index contributed by atoms with van der Waals surface area (Å²) in [5.74, 6) is -0.307. The molecule has 104 valence electrons. The Morgan fingerprint density at radius 1 is 1.35 bits per heavy atom. The normalized spacial score (nSPS) is 11.4. The van der Waals surface area contributed by atoms with Gasteiger partial charge in [0.2, 0.25) is 0 Å². The maximum absolute atomic E-state index is 11.9. The molecule has 0 saturated heterocycles. The number of aromatic nitrogens is 2. The Labute approximate surface area is 118 Å². The third kappa shape index (κ3) is 3.54. The van der Waals surface area contributed by atoms with Crippen molar-refractivity contribution >= 4 is 11.6 Å². The highest BCUT2D eigenvalue weighted by Gasteiger charge is 2.09. The fraction of sp³-hybridized carbons (Fsp3) is 0.267. The van der Waals surface area contributed by atoms with Crippen molar-refractivity contribution in [3.63, 3.8) is 0 Å². The Kier molecular flexibility index (Phi) is 4.65. The zero-order chi connectivity index (χ0) is 14.4. The Bertz CT molecular complexity index is 601. The van der Waals surface area contributed by atoms with Gasteiger partial charge >= 0.3 is 0 Å². The minimum absolute atomic E-state index is 0.307. The third-order valence-electron chi connectivity index (χ3n) is 2.82. The number of aromatic amines is 1. The van der Waals surface area contributed by atoms with Gasteiger partial charge in [-0.2, -0.15) is 10.2 Å². The summed E-state index contributed by atoms with van der Waals surface area (Å²) in [7, 11) is 0. The lowest BCUT2D eigenvalue weighted by Crippen LogP contribution is -2.20. The van der Waals surface area contributed by atoms with Gasteiger partial charge in [0, 0.05) is 5.69 Å². The number of rotatable bonds is 5. The minimum atomic E-state index is -0.307. The smallest absolute Gasteiger partial charge is 0.282 e. The van der Waals surface area contributed by atoms with Gasteiger partial charge < -0.3 is 0 Å². The summed E-state index contributed by atoms with van der Waals surface area (Å²) < 4.78 is 0. The van der Waals surface area contributed by atoms with Crippen molar-refractivity contribution in [1.82, 2.24) is 15.6 Å². The molecule has 0 unspecified atom stereocenters. The van der Waals surface area contributed by atoms with E-state index in [1.807, 2.05) is 37.3 Å². The zero-order valence-electron chi connectivity index (χ0n) is 11.7. The van der Waals surface area contributed by atoms with E-state index in [0.717, 1.165) is 29.8 Å². The molecule has 0 bridgehead atoms. The first-order chi connectivity index (χ1) is 9.70. The standard InChI is InChI=1S/C15H18N4O/c1-3-7-13(12-8-5-4-6-9-12)17-19-15(20)14-10-11(2)16-18-14/h4-6,8-10H,3,7H2,1-2H3,(H,16,18)(H,19,20). The predicted molar refractivity (Wildman–Crippen MR) is 78.7 cm³/mol. The first-order valence-electron chi connectivity index (χ1n) is 6.65. The number of amides is 1. The van der Waals surface area contributed by atoms with Gasteiger partial charge in [-0.05, 0) is 25.0 Å². The molecule has 5 nitrogen and oxygen atoms in total. The summed E-state index contributed by atoms with van der Waals surface area (Å²) in [6, 6.07) is 11.5. The van der Waals surface area contributed by atoms with Crippen LogP contribution in [-0.4, -0.2) is 21.8 Å². The van der Waals surface area contributed by atoms with Gasteiger partial charge in [-0.3, -0.25) is 9.89 Å². The van der Waals surface area contributed by atoms with Crippen LogP contribution in [0.4, 0.5) is 0 Å². The number of hydrogen-bond acceptors (Lipinski definition) is 3. The van der Waals surface area contributed by atoms with Crippen LogP contribution < -0.4 is 5.43 Å². The fourth-order valence-electron chi connectivity index (χ4n) is 1.84. The first kappa shape index (κ1) is 14.0. The van der Waals surface area contributed by atoms with Gasteiger partial charge in [0.25, 0.3) is 5.91 Å². The van der Waals surface area contributed by atoms with Gasteiger partial charge in [0.1, 0.15) is 0 Å². The van der Waals surface area contributed by atoms with Crippen LogP contribution in [0, 0.1) is 6.92 Å². The molecule has 0 aliphatic heterocycles. The molecule has 1 aromatic carbocycles. The predicted octanol–water partition coefficient (Wildman–Crippen LogP) is 2.65. The second-order valence-corrected chi connectivity index (χ2v) is 4.55. The van der Waals surface area contributed by atoms with E-state index in [9.17, 15) is 4.79 Å². The van der Waals surface area contributed by atoms with Crippen LogP contribution in [0.2, 0.25) is 0 Å². The van der Waals surface area contributed by atoms with E-state index in [2.05, 4.69) is 27.6 Å². The maximum atomic E-state index is 11.9. The molecule has 0 aliphatic carbocycles. The zero-order valence-corrected chi connectivity index (χ0v) is 11.7. The van der Waals surface area contributed by atoms with Crippen LogP contribution in [0.1, 0.15) is 41.5 Å². The Morgan fingerprint density at radius 3 is 2.70 bits per heavy atom. The molecule has 20 heavy (non-hydrogen) atoms. The lowest BCUT2D eigenvalue weighted by Gasteiger charge is -2.05. The number of carbonyl (C=O) groups excluding carboxylic acids is 1. The summed E-state index contributed by atoms with van der Waals surface area (Å²) in [6.45, 7) is 3.93. The highest BCUT2D eigenvalue weighted by Crippen LogP contribution is 2.06. The summed E-state index contributed by atoms with van der Waals surface area (Å²) in [4.78, 5) is 11.9. The summed E-state index contributed by atoms with van der Waals surface area (Å²) >= 11 is 0. The highest BCUT2D eigenvalue weighted by atomic mass is 16.2. The topological polar surface area (TPSA) is 70.1 Å². The lowest BCUT2D eigenvalue weighted by atomic mass is 10.1. The van der Waals surface area contributed by atoms with Gasteiger partial charge in [-0.1, -0.05) is 43.7 Å². The molecule has 5 heteroatoms. The van der Waals surface area contributed by atoms with Crippen molar-refractivity contribution in [2.75, 3.05) is 0 Å². The molecule has 1 amide bonds. The van der Waals surface area contributed by atoms with Crippen LogP contribution in [0.15, 0.2) is 41.5 Å². The Hall–Kier alpha value is -2.43. The second-order valence-electron chi connectivity index (χ2n) is 4.55. The monoisotopic (exact) mass is 270 g/mol. The van der Waals surface area contributed by atoms with Crippen LogP contribution in [-0.2, 0) is 0 Å². The lowest BCUT2D eigenvalue weighted by molar-refractivity contribution is 0.0950. The van der Waals surface area contributed by atoms with E-state index < -0.39 is 0 Å². The quantitative estimate of drug-likeness (QED) is 0.647. The van der Waals surface area contributed by atoms with E-state index in [0.29, 0.717) is 5.69 Å². The molecule has 0 aliphatic rings. The molecule has 0 fully saturated rings. The van der Waals surface area contributed by atoms with E-state index in [1.54, 1.807) is 6.07 Å². The molecular weight excluding hydrogens is 252 g/mol. The molecule has 2 N–H and O–H groups in total. The molecular formula is C15H18N4O. The van der Waals surface area contributed by atoms with Crippen LogP contribution in [0.5, 0.6) is 0 Å². The van der Waals surface area contributed by atoms with Gasteiger partial charge in [0.05, 0.1) is 5.71 Å². The maximum Gasteiger partial charge on any atom is 0.291 e. The largest absolute Gasteiger partial charge is 0.291 e. The van der Waals surface area contributed by atoms with Gasteiger partial charge in [-0.25, -0.2) is 5.43 Å². The van der Waals surface area contributed by atoms with E-state index >= 15 is 0 Å². The van der Waals surface area contributed by atoms with E-state index in [1.165, 1.54) is 0 Å². The molecule has 2 rings (SSSR count). The number of nitrogens with zero attached hydrogens (tertiary/aromatic N) is 2. The van der Waals surface area contributed by atoms with Gasteiger partial charge in [-0.15, -0.1) is 0 Å². The van der Waals surface area contributed by atoms with Crippen molar-refractivity contribution in [1.29, 1.82) is 0 Å². The van der Waals surface area contributed by atoms with Crippen molar-refractivity contribution in [2.45, 2.75) is 26.7 Å². The second kappa shape index (κ2) is 6.65. The molecule has 1 aromatic heterocycles. The molecule has 2 aromatic rings. The molecule has 0 spiro atoms. The summed E-state index contributed by atoms with van der Waals surface area (Å²) in [6.07, 6.45) is 1.77. The Morgan fingerprint density at radius 2 is 2.10 bits per heavy atom. The minimum Gasteiger partial charge on any atom is -0.282 e. The van der Waals surface area contributed by atoms with E-state index in [4.69, 9.17) is 0 Å². The van der Waals surface area contributed by atoms with Crippen molar-refractivity contribution in [3.8, 4) is 0 Å². The number of nitrogens with one attached hydrogen (secondary N) is 2. The summed E-state index contributed by atoms with van der Waals surface area (Å²) in [5.41, 5.74) is 5.64. The number of benzene rings is 1. The fourth-order valence-corrected chi connectivity index (χ4v) is 1.84. The SMILES string of the molecule is CCCC(=NNC(=O)c1cc(C)[nH]n1)c1ccccc1. The van der Waals surface area contributed by atoms with Crippen molar-refractivity contribution in [3.05, 3.63) is 53.3 Å². The highest BCUT2D eigenvalue weighted by molar-refractivity contribution is 6.01.